The van der Waals surface area contributed by atoms with Gasteiger partial charge < -0.3 is 5.73 Å². The Bertz CT molecular complexity index is 431. The molecule has 1 fully saturated rings. The first-order chi connectivity index (χ1) is 8.42. The van der Waals surface area contributed by atoms with Crippen molar-refractivity contribution in [3.63, 3.8) is 0 Å². The molecule has 1 nitrogen and oxygen atoms in total. The second-order valence-electron chi connectivity index (χ2n) is 6.03. The highest BCUT2D eigenvalue weighted by Gasteiger charge is 2.37. The first kappa shape index (κ1) is 13.8. The van der Waals surface area contributed by atoms with Gasteiger partial charge in [-0.3, -0.25) is 0 Å². The van der Waals surface area contributed by atoms with E-state index in [2.05, 4.69) is 13.8 Å². The Labute approximate surface area is 114 Å². The summed E-state index contributed by atoms with van der Waals surface area (Å²) in [7, 11) is 0. The highest BCUT2D eigenvalue weighted by molar-refractivity contribution is 6.30. The minimum absolute atomic E-state index is 0.184. The number of rotatable bonds is 2. The molecule has 1 saturated carbocycles. The summed E-state index contributed by atoms with van der Waals surface area (Å²) in [5.74, 6) is 0.0540. The topological polar surface area (TPSA) is 26.0 Å². The molecular formula is C15H21ClFN. The predicted molar refractivity (Wildman–Crippen MR) is 74.1 cm³/mol. The maximum absolute atomic E-state index is 13.9. The lowest BCUT2D eigenvalue weighted by molar-refractivity contribution is 0.111. The van der Waals surface area contributed by atoms with Crippen LogP contribution in [0, 0.1) is 17.2 Å². The van der Waals surface area contributed by atoms with Crippen molar-refractivity contribution in [2.45, 2.75) is 45.6 Å². The molecule has 1 aromatic carbocycles. The zero-order chi connectivity index (χ0) is 13.3. The maximum atomic E-state index is 13.9. The van der Waals surface area contributed by atoms with Crippen LogP contribution in [-0.4, -0.2) is 0 Å². The molecule has 3 heteroatoms. The van der Waals surface area contributed by atoms with E-state index in [1.165, 1.54) is 25.3 Å². The van der Waals surface area contributed by atoms with Gasteiger partial charge >= 0.3 is 0 Å². The van der Waals surface area contributed by atoms with Crippen LogP contribution in [-0.2, 0) is 0 Å². The average molecular weight is 270 g/mol. The van der Waals surface area contributed by atoms with Crippen molar-refractivity contribution < 1.29 is 4.39 Å². The third kappa shape index (κ3) is 2.70. The molecule has 0 radical (unpaired) electrons. The van der Waals surface area contributed by atoms with Crippen molar-refractivity contribution in [3.05, 3.63) is 34.6 Å². The van der Waals surface area contributed by atoms with Crippen molar-refractivity contribution in [3.8, 4) is 0 Å². The summed E-state index contributed by atoms with van der Waals surface area (Å²) in [5, 5.41) is 0.423. The third-order valence-electron chi connectivity index (χ3n) is 4.35. The predicted octanol–water partition coefficient (Wildman–Crippen LogP) is 4.70. The van der Waals surface area contributed by atoms with Crippen LogP contribution < -0.4 is 5.73 Å². The molecule has 0 aromatic heterocycles. The molecule has 1 aliphatic carbocycles. The van der Waals surface area contributed by atoms with Gasteiger partial charge in [0, 0.05) is 16.6 Å². The zero-order valence-corrected chi connectivity index (χ0v) is 11.8. The highest BCUT2D eigenvalue weighted by atomic mass is 35.5. The van der Waals surface area contributed by atoms with Gasteiger partial charge in [0.05, 0.1) is 0 Å². The smallest absolute Gasteiger partial charge is 0.129 e. The lowest BCUT2D eigenvalue weighted by Gasteiger charge is -2.42. The molecule has 2 unspecified atom stereocenters. The number of benzene rings is 1. The molecule has 18 heavy (non-hydrogen) atoms. The van der Waals surface area contributed by atoms with Crippen molar-refractivity contribution in [2.24, 2.45) is 17.1 Å². The van der Waals surface area contributed by atoms with Crippen molar-refractivity contribution in [2.75, 3.05) is 0 Å². The van der Waals surface area contributed by atoms with E-state index in [0.29, 0.717) is 16.5 Å². The molecule has 2 rings (SSSR count). The van der Waals surface area contributed by atoms with Crippen LogP contribution >= 0.6 is 11.6 Å². The summed E-state index contributed by atoms with van der Waals surface area (Å²) in [4.78, 5) is 0. The van der Waals surface area contributed by atoms with E-state index in [0.717, 1.165) is 6.42 Å². The van der Waals surface area contributed by atoms with Gasteiger partial charge in [0.15, 0.2) is 0 Å². The van der Waals surface area contributed by atoms with Crippen molar-refractivity contribution in [1.29, 1.82) is 0 Å². The second kappa shape index (κ2) is 5.18. The van der Waals surface area contributed by atoms with Crippen LogP contribution in [0.1, 0.15) is 51.1 Å². The summed E-state index contributed by atoms with van der Waals surface area (Å²) in [6, 6.07) is 4.56. The van der Waals surface area contributed by atoms with E-state index in [-0.39, 0.29) is 17.3 Å². The fraction of sp³-hybridized carbons (Fsp3) is 0.600. The van der Waals surface area contributed by atoms with Crippen LogP contribution in [0.15, 0.2) is 18.2 Å². The van der Waals surface area contributed by atoms with Crippen LogP contribution in [0.4, 0.5) is 4.39 Å². The molecule has 2 atom stereocenters. The summed E-state index contributed by atoms with van der Waals surface area (Å²) in [6.07, 6.45) is 4.69. The van der Waals surface area contributed by atoms with E-state index in [1.807, 2.05) is 0 Å². The van der Waals surface area contributed by atoms with E-state index >= 15 is 0 Å². The van der Waals surface area contributed by atoms with Crippen LogP contribution in [0.25, 0.3) is 0 Å². The lowest BCUT2D eigenvalue weighted by atomic mass is 9.65. The molecule has 0 spiro atoms. The number of halogens is 2. The zero-order valence-electron chi connectivity index (χ0n) is 11.0. The molecule has 100 valence electrons. The molecule has 0 heterocycles. The van der Waals surface area contributed by atoms with Gasteiger partial charge in [-0.25, -0.2) is 4.39 Å². The summed E-state index contributed by atoms with van der Waals surface area (Å²) in [6.45, 7) is 4.48. The average Bonchev–Trinajstić information content (AvgIpc) is 2.27. The van der Waals surface area contributed by atoms with Gasteiger partial charge in [-0.2, -0.15) is 0 Å². The SMILES string of the molecule is CC1(C)CCCCC1C(N)c1ccc(Cl)cc1F. The number of hydrogen-bond acceptors (Lipinski definition) is 1. The Balaban J connectivity index is 2.27. The Morgan fingerprint density at radius 1 is 1.39 bits per heavy atom. The quantitative estimate of drug-likeness (QED) is 0.828. The first-order valence-electron chi connectivity index (χ1n) is 6.62. The largest absolute Gasteiger partial charge is 0.324 e. The Morgan fingerprint density at radius 2 is 2.11 bits per heavy atom. The Kier molecular flexibility index (Phi) is 3.98. The lowest BCUT2D eigenvalue weighted by Crippen LogP contribution is -2.36. The summed E-state index contributed by atoms with van der Waals surface area (Å²) in [5.41, 5.74) is 7.09. The second-order valence-corrected chi connectivity index (χ2v) is 6.47. The van der Waals surface area contributed by atoms with E-state index in [9.17, 15) is 4.39 Å². The summed E-state index contributed by atoms with van der Waals surface area (Å²) >= 11 is 5.78. The monoisotopic (exact) mass is 269 g/mol. The molecule has 1 aromatic rings. The van der Waals surface area contributed by atoms with Gasteiger partial charge in [0.2, 0.25) is 0 Å². The third-order valence-corrected chi connectivity index (χ3v) is 4.58. The van der Waals surface area contributed by atoms with Crippen LogP contribution in [0.2, 0.25) is 5.02 Å². The van der Waals surface area contributed by atoms with Gasteiger partial charge in [0.1, 0.15) is 5.82 Å². The molecule has 0 bridgehead atoms. The molecule has 0 saturated heterocycles. The van der Waals surface area contributed by atoms with Gasteiger partial charge in [-0.05, 0) is 36.3 Å². The van der Waals surface area contributed by atoms with Gasteiger partial charge in [0.25, 0.3) is 0 Å². The normalized spacial score (nSPS) is 24.8. The van der Waals surface area contributed by atoms with Crippen LogP contribution in [0.5, 0.6) is 0 Å². The van der Waals surface area contributed by atoms with Crippen LogP contribution in [0.3, 0.4) is 0 Å². The minimum atomic E-state index is -0.281. The van der Waals surface area contributed by atoms with Crippen molar-refractivity contribution in [1.82, 2.24) is 0 Å². The van der Waals surface area contributed by atoms with E-state index in [4.69, 9.17) is 17.3 Å². The molecular weight excluding hydrogens is 249 g/mol. The highest BCUT2D eigenvalue weighted by Crippen LogP contribution is 2.46. The van der Waals surface area contributed by atoms with E-state index in [1.54, 1.807) is 12.1 Å². The first-order valence-corrected chi connectivity index (χ1v) is 7.00. The number of nitrogens with two attached hydrogens (primary N) is 1. The molecule has 0 aliphatic heterocycles. The Hall–Kier alpha value is -0.600. The van der Waals surface area contributed by atoms with Gasteiger partial charge in [-0.1, -0.05) is 44.4 Å². The minimum Gasteiger partial charge on any atom is -0.324 e. The molecule has 1 aliphatic rings. The Morgan fingerprint density at radius 3 is 2.72 bits per heavy atom. The van der Waals surface area contributed by atoms with Gasteiger partial charge in [-0.15, -0.1) is 0 Å². The fourth-order valence-corrected chi connectivity index (χ4v) is 3.33. The molecule has 0 amide bonds. The van der Waals surface area contributed by atoms with Crippen molar-refractivity contribution >= 4 is 11.6 Å². The maximum Gasteiger partial charge on any atom is 0.129 e. The van der Waals surface area contributed by atoms with E-state index < -0.39 is 0 Å². The standard InChI is InChI=1S/C15H21ClFN/c1-15(2)8-4-3-5-12(15)14(18)11-7-6-10(16)9-13(11)17/h6-7,9,12,14H,3-5,8,18H2,1-2H3. The molecule has 2 N–H and O–H groups in total. The number of hydrogen-bond donors (Lipinski definition) is 1. The summed E-state index contributed by atoms with van der Waals surface area (Å²) < 4.78 is 13.9. The fourth-order valence-electron chi connectivity index (χ4n) is 3.18.